The number of aliphatic hydroxyl groups is 1. The van der Waals surface area contributed by atoms with Gasteiger partial charge in [-0.05, 0) is 24.6 Å². The number of rotatable bonds is 2. The second-order valence-corrected chi connectivity index (χ2v) is 5.33. The summed E-state index contributed by atoms with van der Waals surface area (Å²) >= 11 is 1.79. The molecule has 1 saturated heterocycles. The molecule has 0 bridgehead atoms. The molecule has 0 aliphatic carbocycles. The van der Waals surface area contributed by atoms with Gasteiger partial charge in [-0.2, -0.15) is 11.8 Å². The number of hydrogen-bond donors (Lipinski definition) is 1. The van der Waals surface area contributed by atoms with Crippen LogP contribution in [0, 0.1) is 11.6 Å². The fourth-order valence-electron chi connectivity index (χ4n) is 2.04. The van der Waals surface area contributed by atoms with Crippen LogP contribution in [-0.2, 0) is 6.61 Å². The molecule has 94 valence electrons. The molecular formula is C12H15F2NOS. The highest BCUT2D eigenvalue weighted by atomic mass is 32.2. The van der Waals surface area contributed by atoms with Gasteiger partial charge < -0.3 is 10.0 Å². The van der Waals surface area contributed by atoms with Gasteiger partial charge in [-0.25, -0.2) is 8.78 Å². The standard InChI is InChI=1S/C12H15F2NOS/c1-8-7-17-3-2-15(8)12-10(13)4-9(6-16)5-11(12)14/h4-5,8,16H,2-3,6-7H2,1H3. The number of hydrogen-bond acceptors (Lipinski definition) is 3. The summed E-state index contributed by atoms with van der Waals surface area (Å²) < 4.78 is 27.7. The van der Waals surface area contributed by atoms with Crippen LogP contribution >= 0.6 is 11.8 Å². The first-order valence-corrected chi connectivity index (χ1v) is 6.72. The molecule has 1 heterocycles. The Morgan fingerprint density at radius 1 is 1.41 bits per heavy atom. The first-order chi connectivity index (χ1) is 8.13. The number of aliphatic hydroxyl groups excluding tert-OH is 1. The van der Waals surface area contributed by atoms with Gasteiger partial charge in [0.2, 0.25) is 0 Å². The summed E-state index contributed by atoms with van der Waals surface area (Å²) in [6, 6.07) is 2.53. The predicted octanol–water partition coefficient (Wildman–Crippen LogP) is 2.40. The van der Waals surface area contributed by atoms with Crippen molar-refractivity contribution in [1.82, 2.24) is 0 Å². The Labute approximate surface area is 104 Å². The van der Waals surface area contributed by atoms with Crippen LogP contribution in [0.2, 0.25) is 0 Å². The lowest BCUT2D eigenvalue weighted by molar-refractivity contribution is 0.280. The molecule has 1 unspecified atom stereocenters. The lowest BCUT2D eigenvalue weighted by Gasteiger charge is -2.35. The minimum Gasteiger partial charge on any atom is -0.392 e. The molecule has 1 atom stereocenters. The highest BCUT2D eigenvalue weighted by Gasteiger charge is 2.24. The lowest BCUT2D eigenvalue weighted by atomic mass is 10.1. The van der Waals surface area contributed by atoms with E-state index >= 15 is 0 Å². The summed E-state index contributed by atoms with van der Waals surface area (Å²) in [5, 5.41) is 8.89. The molecule has 2 nitrogen and oxygen atoms in total. The normalized spacial score (nSPS) is 20.7. The average molecular weight is 259 g/mol. The minimum atomic E-state index is -0.590. The van der Waals surface area contributed by atoms with Crippen LogP contribution in [0.5, 0.6) is 0 Å². The summed E-state index contributed by atoms with van der Waals surface area (Å²) in [6.07, 6.45) is 0. The molecule has 17 heavy (non-hydrogen) atoms. The van der Waals surface area contributed by atoms with Gasteiger partial charge in [-0.3, -0.25) is 0 Å². The van der Waals surface area contributed by atoms with Crippen molar-refractivity contribution in [2.75, 3.05) is 23.0 Å². The molecule has 0 aromatic heterocycles. The summed E-state index contributed by atoms with van der Waals surface area (Å²) in [5.41, 5.74) is 0.304. The highest BCUT2D eigenvalue weighted by Crippen LogP contribution is 2.30. The quantitative estimate of drug-likeness (QED) is 0.882. The van der Waals surface area contributed by atoms with Crippen molar-refractivity contribution >= 4 is 17.4 Å². The van der Waals surface area contributed by atoms with E-state index in [9.17, 15) is 8.78 Å². The van der Waals surface area contributed by atoms with E-state index in [4.69, 9.17) is 5.11 Å². The summed E-state index contributed by atoms with van der Waals surface area (Å²) in [6.45, 7) is 2.27. The maximum Gasteiger partial charge on any atom is 0.149 e. The molecule has 1 fully saturated rings. The number of anilines is 1. The zero-order chi connectivity index (χ0) is 12.4. The number of benzene rings is 1. The fraction of sp³-hybridized carbons (Fsp3) is 0.500. The molecule has 5 heteroatoms. The summed E-state index contributed by atoms with van der Waals surface area (Å²) in [7, 11) is 0. The summed E-state index contributed by atoms with van der Waals surface area (Å²) in [4.78, 5) is 1.77. The zero-order valence-corrected chi connectivity index (χ0v) is 10.4. The molecular weight excluding hydrogens is 244 g/mol. The van der Waals surface area contributed by atoms with E-state index in [1.165, 1.54) is 12.1 Å². The average Bonchev–Trinajstić information content (AvgIpc) is 2.30. The van der Waals surface area contributed by atoms with Gasteiger partial charge in [0, 0.05) is 24.1 Å². The summed E-state index contributed by atoms with van der Waals surface area (Å²) in [5.74, 6) is 0.576. The highest BCUT2D eigenvalue weighted by molar-refractivity contribution is 7.99. The largest absolute Gasteiger partial charge is 0.392 e. The Morgan fingerprint density at radius 3 is 2.59 bits per heavy atom. The van der Waals surface area contributed by atoms with E-state index in [1.807, 2.05) is 6.92 Å². The molecule has 0 saturated carbocycles. The van der Waals surface area contributed by atoms with E-state index in [1.54, 1.807) is 16.7 Å². The second kappa shape index (κ2) is 5.23. The van der Waals surface area contributed by atoms with Crippen molar-refractivity contribution in [3.8, 4) is 0 Å². The lowest BCUT2D eigenvalue weighted by Crippen LogP contribution is -2.41. The maximum atomic E-state index is 13.9. The van der Waals surface area contributed by atoms with Crippen LogP contribution in [-0.4, -0.2) is 29.2 Å². The molecule has 1 aromatic rings. The van der Waals surface area contributed by atoms with Gasteiger partial charge >= 0.3 is 0 Å². The number of thioether (sulfide) groups is 1. The molecule has 1 aromatic carbocycles. The van der Waals surface area contributed by atoms with Gasteiger partial charge in [-0.15, -0.1) is 0 Å². The Morgan fingerprint density at radius 2 is 2.06 bits per heavy atom. The molecule has 1 N–H and O–H groups in total. The van der Waals surface area contributed by atoms with Crippen molar-refractivity contribution in [2.24, 2.45) is 0 Å². The monoisotopic (exact) mass is 259 g/mol. The van der Waals surface area contributed by atoms with Crippen molar-refractivity contribution in [2.45, 2.75) is 19.6 Å². The van der Waals surface area contributed by atoms with Crippen LogP contribution in [0.1, 0.15) is 12.5 Å². The Bertz CT molecular complexity index is 390. The van der Waals surface area contributed by atoms with Crippen LogP contribution < -0.4 is 4.90 Å². The van der Waals surface area contributed by atoms with Crippen LogP contribution in [0.3, 0.4) is 0 Å². The molecule has 0 amide bonds. The molecule has 0 spiro atoms. The van der Waals surface area contributed by atoms with Gasteiger partial charge in [0.25, 0.3) is 0 Å². The van der Waals surface area contributed by atoms with E-state index in [-0.39, 0.29) is 23.9 Å². The smallest absolute Gasteiger partial charge is 0.149 e. The second-order valence-electron chi connectivity index (χ2n) is 4.18. The molecule has 1 aliphatic heterocycles. The number of halogens is 2. The number of nitrogens with zero attached hydrogens (tertiary/aromatic N) is 1. The predicted molar refractivity (Wildman–Crippen MR) is 66.4 cm³/mol. The maximum absolute atomic E-state index is 13.9. The van der Waals surface area contributed by atoms with E-state index < -0.39 is 11.6 Å². The molecule has 1 aliphatic rings. The Kier molecular flexibility index (Phi) is 3.89. The third-order valence-electron chi connectivity index (χ3n) is 2.91. The van der Waals surface area contributed by atoms with Gasteiger partial charge in [-0.1, -0.05) is 0 Å². The first-order valence-electron chi connectivity index (χ1n) is 5.56. The van der Waals surface area contributed by atoms with Crippen LogP contribution in [0.4, 0.5) is 14.5 Å². The first kappa shape index (κ1) is 12.6. The van der Waals surface area contributed by atoms with E-state index in [0.717, 1.165) is 11.5 Å². The van der Waals surface area contributed by atoms with Crippen molar-refractivity contribution in [1.29, 1.82) is 0 Å². The zero-order valence-electron chi connectivity index (χ0n) is 9.62. The SMILES string of the molecule is CC1CSCCN1c1c(F)cc(CO)cc1F. The third-order valence-corrected chi connectivity index (χ3v) is 4.10. The van der Waals surface area contributed by atoms with Gasteiger partial charge in [0.05, 0.1) is 6.61 Å². The topological polar surface area (TPSA) is 23.5 Å². The van der Waals surface area contributed by atoms with Crippen LogP contribution in [0.15, 0.2) is 12.1 Å². The van der Waals surface area contributed by atoms with Gasteiger partial charge in [0.1, 0.15) is 17.3 Å². The van der Waals surface area contributed by atoms with Crippen molar-refractivity contribution in [3.05, 3.63) is 29.3 Å². The van der Waals surface area contributed by atoms with Crippen molar-refractivity contribution in [3.63, 3.8) is 0 Å². The fourth-order valence-corrected chi connectivity index (χ4v) is 3.06. The van der Waals surface area contributed by atoms with E-state index in [2.05, 4.69) is 0 Å². The van der Waals surface area contributed by atoms with Crippen LogP contribution in [0.25, 0.3) is 0 Å². The Balaban J connectivity index is 2.37. The van der Waals surface area contributed by atoms with E-state index in [0.29, 0.717) is 6.54 Å². The molecule has 2 rings (SSSR count). The van der Waals surface area contributed by atoms with Gasteiger partial charge in [0.15, 0.2) is 0 Å². The molecule has 0 radical (unpaired) electrons. The van der Waals surface area contributed by atoms with Crippen molar-refractivity contribution < 1.29 is 13.9 Å². The third kappa shape index (κ3) is 2.55. The minimum absolute atomic E-state index is 0.0370. The Hall–Kier alpha value is -0.810.